The Morgan fingerprint density at radius 1 is 1.07 bits per heavy atom. The average Bonchev–Trinajstić information content (AvgIpc) is 2.91. The van der Waals surface area contributed by atoms with Crippen LogP contribution in [-0.4, -0.2) is 48.0 Å². The van der Waals surface area contributed by atoms with Gasteiger partial charge in [0.25, 0.3) is 17.7 Å². The van der Waals surface area contributed by atoms with E-state index in [4.69, 9.17) is 27.9 Å². The first kappa shape index (κ1) is 21.2. The maximum Gasteiger partial charge on any atom is 0.326 e. The number of nitrogens with zero attached hydrogens (tertiary/aromatic N) is 1. The number of fused-ring (bicyclic) bond motifs is 1. The zero-order chi connectivity index (χ0) is 21.1. The molecule has 2 aromatic carbocycles. The van der Waals surface area contributed by atoms with Crippen LogP contribution in [0.25, 0.3) is 0 Å². The lowest BCUT2D eigenvalue weighted by Gasteiger charge is -2.13. The van der Waals surface area contributed by atoms with E-state index in [1.165, 1.54) is 23.9 Å². The number of hydrogen-bond donors (Lipinski definition) is 1. The van der Waals surface area contributed by atoms with Crippen LogP contribution < -0.4 is 5.32 Å². The van der Waals surface area contributed by atoms with Gasteiger partial charge >= 0.3 is 5.97 Å². The third kappa shape index (κ3) is 4.72. The van der Waals surface area contributed by atoms with Gasteiger partial charge < -0.3 is 10.1 Å². The normalized spacial score (nSPS) is 12.7. The second-order valence-corrected chi connectivity index (χ2v) is 7.64. The molecule has 3 amide bonds. The van der Waals surface area contributed by atoms with Gasteiger partial charge in [0.05, 0.1) is 21.2 Å². The topological polar surface area (TPSA) is 92.8 Å². The third-order valence-electron chi connectivity index (χ3n) is 4.02. The predicted molar refractivity (Wildman–Crippen MR) is 110 cm³/mol. The van der Waals surface area contributed by atoms with Gasteiger partial charge in [-0.15, -0.1) is 11.8 Å². The highest BCUT2D eigenvalue weighted by molar-refractivity contribution is 7.98. The minimum atomic E-state index is -0.898. The lowest BCUT2D eigenvalue weighted by molar-refractivity contribution is -0.147. The van der Waals surface area contributed by atoms with Gasteiger partial charge in [0.15, 0.2) is 6.61 Å². The van der Waals surface area contributed by atoms with Gasteiger partial charge in [0.1, 0.15) is 6.54 Å². The fraction of sp³-hybridized carbons (Fsp3) is 0.158. The molecule has 0 bridgehead atoms. The molecule has 0 radical (unpaired) electrons. The van der Waals surface area contributed by atoms with Crippen LogP contribution in [0.2, 0.25) is 10.0 Å². The Hall–Kier alpha value is -2.55. The minimum absolute atomic E-state index is 0.0589. The number of hydrogen-bond acceptors (Lipinski definition) is 6. The number of carbonyl (C=O) groups is 4. The highest BCUT2D eigenvalue weighted by Crippen LogP contribution is 2.31. The first-order chi connectivity index (χ1) is 13.8. The number of esters is 1. The molecule has 1 aliphatic heterocycles. The van der Waals surface area contributed by atoms with Crippen LogP contribution in [-0.2, 0) is 14.3 Å². The predicted octanol–water partition coefficient (Wildman–Crippen LogP) is 3.49. The monoisotopic (exact) mass is 452 g/mol. The molecule has 10 heteroatoms. The molecule has 0 fully saturated rings. The molecule has 0 saturated carbocycles. The zero-order valence-corrected chi connectivity index (χ0v) is 17.4. The number of benzene rings is 2. The summed E-state index contributed by atoms with van der Waals surface area (Å²) >= 11 is 13.3. The van der Waals surface area contributed by atoms with Crippen LogP contribution >= 0.6 is 35.0 Å². The summed E-state index contributed by atoms with van der Waals surface area (Å²) in [5.41, 5.74) is 0.680. The third-order valence-corrected chi connectivity index (χ3v) is 5.46. The summed E-state index contributed by atoms with van der Waals surface area (Å²) in [5, 5.41) is 2.85. The lowest BCUT2D eigenvalue weighted by Crippen LogP contribution is -2.36. The van der Waals surface area contributed by atoms with Gasteiger partial charge in [0, 0.05) is 10.6 Å². The molecule has 0 saturated heterocycles. The molecule has 1 heterocycles. The number of halogens is 2. The van der Waals surface area contributed by atoms with Gasteiger partial charge in [-0.2, -0.15) is 0 Å². The number of amides is 3. The summed E-state index contributed by atoms with van der Waals surface area (Å²) in [7, 11) is 0. The minimum Gasteiger partial charge on any atom is -0.454 e. The Kier molecular flexibility index (Phi) is 6.46. The van der Waals surface area contributed by atoms with E-state index in [0.717, 1.165) is 9.80 Å². The Morgan fingerprint density at radius 3 is 2.28 bits per heavy atom. The number of rotatable bonds is 6. The van der Waals surface area contributed by atoms with Crippen LogP contribution in [0.4, 0.5) is 5.69 Å². The molecule has 3 rings (SSSR count). The van der Waals surface area contributed by atoms with Crippen LogP contribution in [0.1, 0.15) is 20.7 Å². The van der Waals surface area contributed by atoms with E-state index in [-0.39, 0.29) is 21.2 Å². The van der Waals surface area contributed by atoms with Crippen LogP contribution in [0, 0.1) is 0 Å². The average molecular weight is 453 g/mol. The largest absolute Gasteiger partial charge is 0.454 e. The molecule has 0 spiro atoms. The van der Waals surface area contributed by atoms with Crippen molar-refractivity contribution in [2.45, 2.75) is 4.90 Å². The Bertz CT molecular complexity index is 987. The number of imide groups is 1. The molecule has 1 aliphatic rings. The lowest BCUT2D eigenvalue weighted by atomic mass is 10.1. The molecule has 150 valence electrons. The van der Waals surface area contributed by atoms with Crippen molar-refractivity contribution in [3.63, 3.8) is 0 Å². The van der Waals surface area contributed by atoms with Crippen molar-refractivity contribution in [3.8, 4) is 0 Å². The Morgan fingerprint density at radius 2 is 1.69 bits per heavy atom. The summed E-state index contributed by atoms with van der Waals surface area (Å²) in [6, 6.07) is 9.72. The Labute approximate surface area is 180 Å². The van der Waals surface area contributed by atoms with E-state index >= 15 is 0 Å². The van der Waals surface area contributed by atoms with Crippen LogP contribution in [0.5, 0.6) is 0 Å². The fourth-order valence-electron chi connectivity index (χ4n) is 2.65. The number of thioether (sulfide) groups is 1. The van der Waals surface area contributed by atoms with E-state index < -0.39 is 36.8 Å². The summed E-state index contributed by atoms with van der Waals surface area (Å²) in [6.07, 6.45) is 1.91. The van der Waals surface area contributed by atoms with Gasteiger partial charge in [-0.05, 0) is 36.6 Å². The van der Waals surface area contributed by atoms with Gasteiger partial charge in [-0.25, -0.2) is 0 Å². The van der Waals surface area contributed by atoms with Crippen LogP contribution in [0.15, 0.2) is 41.3 Å². The summed E-state index contributed by atoms with van der Waals surface area (Å²) < 4.78 is 4.88. The van der Waals surface area contributed by atoms with E-state index in [1.54, 1.807) is 18.2 Å². The maximum absolute atomic E-state index is 12.4. The smallest absolute Gasteiger partial charge is 0.326 e. The van der Waals surface area contributed by atoms with E-state index in [0.29, 0.717) is 5.69 Å². The van der Waals surface area contributed by atoms with Crippen molar-refractivity contribution in [3.05, 3.63) is 57.6 Å². The van der Waals surface area contributed by atoms with Gasteiger partial charge in [-0.3, -0.25) is 24.1 Å². The van der Waals surface area contributed by atoms with Crippen molar-refractivity contribution in [1.29, 1.82) is 0 Å². The van der Waals surface area contributed by atoms with Crippen molar-refractivity contribution < 1.29 is 23.9 Å². The summed E-state index contributed by atoms with van der Waals surface area (Å²) in [5.74, 6) is -2.81. The van der Waals surface area contributed by atoms with Gasteiger partial charge in [-0.1, -0.05) is 29.3 Å². The summed E-state index contributed by atoms with van der Waals surface area (Å²) in [6.45, 7) is -1.18. The van der Waals surface area contributed by atoms with E-state index in [1.807, 2.05) is 12.3 Å². The van der Waals surface area contributed by atoms with Crippen molar-refractivity contribution >= 4 is 64.3 Å². The molecule has 0 aromatic heterocycles. The van der Waals surface area contributed by atoms with E-state index in [9.17, 15) is 19.2 Å². The first-order valence-electron chi connectivity index (χ1n) is 8.25. The zero-order valence-electron chi connectivity index (χ0n) is 15.0. The standard InChI is InChI=1S/C19H14Cl2N2O5S/c1-29-11-4-2-3-10(5-11)22-16(24)9-28-17(25)8-23-18(26)12-6-14(20)15(21)7-13(12)19(23)27/h2-7H,8-9H2,1H3,(H,22,24). The number of ether oxygens (including phenoxy) is 1. The molecule has 29 heavy (non-hydrogen) atoms. The number of carbonyl (C=O) groups excluding carboxylic acids is 4. The first-order valence-corrected chi connectivity index (χ1v) is 10.2. The molecule has 0 aliphatic carbocycles. The highest BCUT2D eigenvalue weighted by atomic mass is 35.5. The van der Waals surface area contributed by atoms with Gasteiger partial charge in [0.2, 0.25) is 0 Å². The maximum atomic E-state index is 12.4. The fourth-order valence-corrected chi connectivity index (χ4v) is 3.43. The highest BCUT2D eigenvalue weighted by Gasteiger charge is 2.37. The quantitative estimate of drug-likeness (QED) is 0.409. The van der Waals surface area contributed by atoms with E-state index in [2.05, 4.69) is 5.32 Å². The molecule has 0 atom stereocenters. The van der Waals surface area contributed by atoms with Crippen molar-refractivity contribution in [2.75, 3.05) is 24.7 Å². The summed E-state index contributed by atoms with van der Waals surface area (Å²) in [4.78, 5) is 50.4. The molecular weight excluding hydrogens is 439 g/mol. The molecule has 0 unspecified atom stereocenters. The molecule has 1 N–H and O–H groups in total. The molecule has 2 aromatic rings. The number of nitrogens with one attached hydrogen (secondary N) is 1. The Balaban J connectivity index is 1.56. The molecular formula is C19H14Cl2N2O5S. The SMILES string of the molecule is CSc1cccc(NC(=O)COC(=O)CN2C(=O)c3cc(Cl)c(Cl)cc3C2=O)c1. The molecule has 7 nitrogen and oxygen atoms in total. The number of anilines is 1. The van der Waals surface area contributed by atoms with Crippen molar-refractivity contribution in [1.82, 2.24) is 4.90 Å². The second kappa shape index (κ2) is 8.86. The van der Waals surface area contributed by atoms with Crippen molar-refractivity contribution in [2.24, 2.45) is 0 Å². The second-order valence-electron chi connectivity index (χ2n) is 5.95. The van der Waals surface area contributed by atoms with Crippen LogP contribution in [0.3, 0.4) is 0 Å².